The molecule has 1 aromatic heterocycles. The smallest absolute Gasteiger partial charge is 0.475 e. The molecule has 0 bridgehead atoms. The lowest BCUT2D eigenvalue weighted by Crippen LogP contribution is -2.26. The van der Waals surface area contributed by atoms with Crippen molar-refractivity contribution in [2.45, 2.75) is 25.6 Å². The van der Waals surface area contributed by atoms with E-state index in [0.717, 1.165) is 23.1 Å². The first-order chi connectivity index (χ1) is 17.8. The van der Waals surface area contributed by atoms with Crippen LogP contribution >= 0.6 is 22.9 Å². The van der Waals surface area contributed by atoms with Crippen LogP contribution in [0.3, 0.4) is 0 Å². The number of carbonyl (C=O) groups is 3. The summed E-state index contributed by atoms with van der Waals surface area (Å²) in [4.78, 5) is 36.6. The van der Waals surface area contributed by atoms with Crippen LogP contribution in [0.15, 0.2) is 54.6 Å². The number of carboxylic acids is 1. The number of aliphatic carboxylic acids is 1. The van der Waals surface area contributed by atoms with E-state index in [0.29, 0.717) is 40.0 Å². The lowest BCUT2D eigenvalue weighted by atomic mass is 10.1. The average Bonchev–Trinajstić information content (AvgIpc) is 3.42. The number of anilines is 1. The Hall–Kier alpha value is -3.90. The summed E-state index contributed by atoms with van der Waals surface area (Å²) in [5, 5.41) is 17.4. The van der Waals surface area contributed by atoms with Gasteiger partial charge < -0.3 is 21.1 Å². The van der Waals surface area contributed by atoms with Crippen molar-refractivity contribution in [3.05, 3.63) is 86.1 Å². The third-order valence-corrected chi connectivity index (χ3v) is 6.65. The predicted octanol–water partition coefficient (Wildman–Crippen LogP) is 4.96. The van der Waals surface area contributed by atoms with Crippen LogP contribution in [0.5, 0.6) is 0 Å². The molecule has 0 unspecified atom stereocenters. The number of nitrogens with zero attached hydrogens (tertiary/aromatic N) is 1. The largest absolute Gasteiger partial charge is 0.490 e. The molecule has 5 N–H and O–H groups in total. The van der Waals surface area contributed by atoms with Crippen LogP contribution in [0, 0.1) is 5.41 Å². The number of carboxylic acid groups (broad SMARTS) is 1. The maximum atomic E-state index is 12.9. The number of nitrogens with two attached hydrogens (primary N) is 1. The number of halogens is 4. The molecule has 200 valence electrons. The zero-order valence-electron chi connectivity index (χ0n) is 19.6. The first-order valence-corrected chi connectivity index (χ1v) is 12.2. The highest BCUT2D eigenvalue weighted by Gasteiger charge is 2.38. The second-order valence-electron chi connectivity index (χ2n) is 8.19. The molecule has 0 spiro atoms. The van der Waals surface area contributed by atoms with Gasteiger partial charge in [0.15, 0.2) is 0 Å². The fraction of sp³-hybridized carbons (Fsp3) is 0.200. The van der Waals surface area contributed by atoms with Gasteiger partial charge in [-0.15, -0.1) is 11.3 Å². The number of fused-ring (bicyclic) bond motifs is 1. The van der Waals surface area contributed by atoms with Crippen LogP contribution in [0.4, 0.5) is 18.9 Å². The third-order valence-electron chi connectivity index (χ3n) is 5.42. The summed E-state index contributed by atoms with van der Waals surface area (Å²) in [6.07, 6.45) is -3.93. The first kappa shape index (κ1) is 28.7. The van der Waals surface area contributed by atoms with Crippen LogP contribution in [-0.2, 0) is 24.2 Å². The molecule has 0 saturated heterocycles. The molecule has 1 aliphatic heterocycles. The van der Waals surface area contributed by atoms with Gasteiger partial charge in [-0.2, -0.15) is 13.2 Å². The van der Waals surface area contributed by atoms with Gasteiger partial charge in [0, 0.05) is 36.3 Å². The standard InChI is InChI=1S/C23H21ClN4O2S.C2HF3O2/c24-20-9-8-19(31-20)22(29)27-18-3-1-2-16-17(18)13-28(23(16)30)11-10-14-4-6-15(7-5-14)12-21(25)26;3-2(4,5)1(6)7/h1-9H,10-13H2,(H3,25,26)(H,27,29);(H,6,7). The zero-order chi connectivity index (χ0) is 28.0. The second-order valence-corrected chi connectivity index (χ2v) is 9.90. The summed E-state index contributed by atoms with van der Waals surface area (Å²) in [6, 6.07) is 16.7. The second kappa shape index (κ2) is 12.1. The van der Waals surface area contributed by atoms with Crippen molar-refractivity contribution in [3.63, 3.8) is 0 Å². The number of rotatable bonds is 7. The van der Waals surface area contributed by atoms with Gasteiger partial charge in [0.25, 0.3) is 11.8 Å². The number of benzene rings is 2. The molecule has 2 heterocycles. The van der Waals surface area contributed by atoms with Crippen molar-refractivity contribution in [1.29, 1.82) is 5.41 Å². The summed E-state index contributed by atoms with van der Waals surface area (Å²) in [6.45, 7) is 1.03. The van der Waals surface area contributed by atoms with E-state index < -0.39 is 12.1 Å². The minimum Gasteiger partial charge on any atom is -0.475 e. The van der Waals surface area contributed by atoms with Crippen molar-refractivity contribution in [2.75, 3.05) is 11.9 Å². The summed E-state index contributed by atoms with van der Waals surface area (Å²) in [5.41, 5.74) is 9.66. The fourth-order valence-electron chi connectivity index (χ4n) is 3.62. The van der Waals surface area contributed by atoms with E-state index in [-0.39, 0.29) is 17.6 Å². The minimum absolute atomic E-state index is 0.0292. The summed E-state index contributed by atoms with van der Waals surface area (Å²) < 4.78 is 32.3. The zero-order valence-corrected chi connectivity index (χ0v) is 21.2. The van der Waals surface area contributed by atoms with E-state index in [9.17, 15) is 22.8 Å². The minimum atomic E-state index is -5.08. The van der Waals surface area contributed by atoms with Crippen molar-refractivity contribution < 1.29 is 32.7 Å². The Morgan fingerprint density at radius 2 is 1.74 bits per heavy atom. The van der Waals surface area contributed by atoms with Gasteiger partial charge in [0.2, 0.25) is 0 Å². The SMILES string of the molecule is N=C(N)Cc1ccc(CCN2Cc3c(NC(=O)c4ccc(Cl)s4)cccc3C2=O)cc1.O=C(O)C(F)(F)F. The molecule has 8 nitrogen and oxygen atoms in total. The van der Waals surface area contributed by atoms with E-state index >= 15 is 0 Å². The Morgan fingerprint density at radius 1 is 1.11 bits per heavy atom. The number of carbonyl (C=O) groups excluding carboxylic acids is 2. The van der Waals surface area contributed by atoms with Gasteiger partial charge in [-0.05, 0) is 41.8 Å². The maximum absolute atomic E-state index is 12.9. The molecule has 0 atom stereocenters. The summed E-state index contributed by atoms with van der Waals surface area (Å²) >= 11 is 7.14. The van der Waals surface area contributed by atoms with Gasteiger partial charge in [-0.3, -0.25) is 15.0 Å². The molecule has 4 rings (SSSR count). The highest BCUT2D eigenvalue weighted by atomic mass is 35.5. The topological polar surface area (TPSA) is 137 Å². The molecular formula is C25H22ClF3N4O4S. The number of amidine groups is 1. The van der Waals surface area contributed by atoms with Crippen molar-refractivity contribution in [2.24, 2.45) is 5.73 Å². The van der Waals surface area contributed by atoms with E-state index in [2.05, 4.69) is 5.32 Å². The Bertz CT molecular complexity index is 1360. The first-order valence-electron chi connectivity index (χ1n) is 11.0. The van der Waals surface area contributed by atoms with E-state index in [1.807, 2.05) is 30.3 Å². The van der Waals surface area contributed by atoms with E-state index in [1.165, 1.54) is 11.3 Å². The number of thiophene rings is 1. The number of alkyl halides is 3. The lowest BCUT2D eigenvalue weighted by Gasteiger charge is -2.16. The van der Waals surface area contributed by atoms with Crippen molar-refractivity contribution in [1.82, 2.24) is 4.90 Å². The molecule has 3 aromatic rings. The van der Waals surface area contributed by atoms with Crippen LogP contribution in [0.2, 0.25) is 4.34 Å². The quantitative estimate of drug-likeness (QED) is 0.237. The molecule has 0 radical (unpaired) electrons. The molecule has 0 aliphatic carbocycles. The highest BCUT2D eigenvalue weighted by molar-refractivity contribution is 7.18. The van der Waals surface area contributed by atoms with Crippen LogP contribution in [0.25, 0.3) is 0 Å². The van der Waals surface area contributed by atoms with Crippen molar-refractivity contribution in [3.8, 4) is 0 Å². The average molecular weight is 567 g/mol. The molecule has 0 fully saturated rings. The molecule has 0 saturated carbocycles. The Labute approximate surface area is 224 Å². The van der Waals surface area contributed by atoms with Crippen molar-refractivity contribution >= 4 is 52.2 Å². The highest BCUT2D eigenvalue weighted by Crippen LogP contribution is 2.30. The van der Waals surface area contributed by atoms with Gasteiger partial charge >= 0.3 is 12.1 Å². The monoisotopic (exact) mass is 566 g/mol. The van der Waals surface area contributed by atoms with Crippen LogP contribution < -0.4 is 11.1 Å². The normalized spacial score (nSPS) is 12.4. The molecule has 13 heteroatoms. The number of hydrogen-bond acceptors (Lipinski definition) is 5. The third kappa shape index (κ3) is 7.56. The number of hydrogen-bond donors (Lipinski definition) is 4. The van der Waals surface area contributed by atoms with Crippen LogP contribution in [0.1, 0.15) is 36.7 Å². The van der Waals surface area contributed by atoms with Crippen LogP contribution in [-0.4, -0.2) is 46.3 Å². The van der Waals surface area contributed by atoms with E-state index in [1.54, 1.807) is 29.2 Å². The Morgan fingerprint density at radius 3 is 2.29 bits per heavy atom. The summed E-state index contributed by atoms with van der Waals surface area (Å²) in [7, 11) is 0. The predicted molar refractivity (Wildman–Crippen MR) is 138 cm³/mol. The van der Waals surface area contributed by atoms with Gasteiger partial charge in [0.05, 0.1) is 15.0 Å². The molecule has 2 aromatic carbocycles. The Balaban J connectivity index is 0.000000505. The molecule has 38 heavy (non-hydrogen) atoms. The maximum Gasteiger partial charge on any atom is 0.490 e. The number of amides is 2. The molecule has 1 aliphatic rings. The van der Waals surface area contributed by atoms with Gasteiger partial charge in [0.1, 0.15) is 0 Å². The molecule has 2 amide bonds. The number of nitrogens with one attached hydrogen (secondary N) is 2. The van der Waals surface area contributed by atoms with E-state index in [4.69, 9.17) is 32.6 Å². The Kier molecular flexibility index (Phi) is 9.13. The van der Waals surface area contributed by atoms with Gasteiger partial charge in [-0.1, -0.05) is 41.9 Å². The molecular weight excluding hydrogens is 545 g/mol. The fourth-order valence-corrected chi connectivity index (χ4v) is 4.55. The van der Waals surface area contributed by atoms with Gasteiger partial charge in [-0.25, -0.2) is 4.79 Å². The lowest BCUT2D eigenvalue weighted by molar-refractivity contribution is -0.192. The summed E-state index contributed by atoms with van der Waals surface area (Å²) in [5.74, 6) is -2.88.